The Labute approximate surface area is 174 Å². The lowest BCUT2D eigenvalue weighted by atomic mass is 9.91. The molecule has 0 unspecified atom stereocenters. The van der Waals surface area contributed by atoms with Crippen LogP contribution < -0.4 is 4.90 Å². The molecule has 2 saturated heterocycles. The fourth-order valence-corrected chi connectivity index (χ4v) is 5.41. The van der Waals surface area contributed by atoms with Gasteiger partial charge in [0.05, 0.1) is 6.54 Å². The van der Waals surface area contributed by atoms with Gasteiger partial charge in [-0.3, -0.25) is 14.6 Å². The topological polar surface area (TPSA) is 42.9 Å². The van der Waals surface area contributed by atoms with Gasteiger partial charge in [-0.25, -0.2) is 4.98 Å². The predicted molar refractivity (Wildman–Crippen MR) is 115 cm³/mol. The van der Waals surface area contributed by atoms with Gasteiger partial charge in [0.25, 0.3) is 0 Å². The predicted octanol–water partition coefficient (Wildman–Crippen LogP) is 2.13. The molecule has 1 aromatic heterocycles. The van der Waals surface area contributed by atoms with Crippen LogP contribution in [0.2, 0.25) is 0 Å². The maximum atomic E-state index is 12.8. The lowest BCUT2D eigenvalue weighted by molar-refractivity contribution is -0.135. The summed E-state index contributed by atoms with van der Waals surface area (Å²) in [5.41, 5.74) is 2.54. The average molecular weight is 398 g/mol. The molecule has 6 nitrogen and oxygen atoms in total. The Bertz CT molecular complexity index is 741. The van der Waals surface area contributed by atoms with Gasteiger partial charge < -0.3 is 9.80 Å². The van der Waals surface area contributed by atoms with Crippen molar-refractivity contribution in [2.24, 2.45) is 0 Å². The largest absolute Gasteiger partial charge is 0.354 e. The van der Waals surface area contributed by atoms with Crippen LogP contribution in [0.25, 0.3) is 0 Å². The minimum Gasteiger partial charge on any atom is -0.354 e. The number of fused-ring (bicyclic) bond motifs is 1. The van der Waals surface area contributed by atoms with Gasteiger partial charge in [-0.15, -0.1) is 0 Å². The van der Waals surface area contributed by atoms with Crippen molar-refractivity contribution >= 4 is 11.7 Å². The molecule has 0 radical (unpaired) electrons. The number of hydrogen-bond donors (Lipinski definition) is 0. The molecule has 29 heavy (non-hydrogen) atoms. The molecule has 5 rings (SSSR count). The number of rotatable bonds is 4. The molecule has 0 spiro atoms. The summed E-state index contributed by atoms with van der Waals surface area (Å²) in [6.45, 7) is 9.68. The second kappa shape index (κ2) is 8.23. The Morgan fingerprint density at radius 3 is 2.55 bits per heavy atom. The molecule has 1 aromatic rings. The van der Waals surface area contributed by atoms with Gasteiger partial charge in [0, 0.05) is 70.0 Å². The summed E-state index contributed by atoms with van der Waals surface area (Å²) in [5, 5.41) is 0. The molecule has 3 aliphatic heterocycles. The molecule has 1 amide bonds. The van der Waals surface area contributed by atoms with Crippen molar-refractivity contribution in [2.75, 3.05) is 50.7 Å². The first-order chi connectivity index (χ1) is 14.2. The highest BCUT2D eigenvalue weighted by Gasteiger charge is 2.30. The Balaban J connectivity index is 1.14. The van der Waals surface area contributed by atoms with E-state index < -0.39 is 0 Å². The second-order valence-electron chi connectivity index (χ2n) is 9.42. The van der Waals surface area contributed by atoms with Crippen LogP contribution in [0.5, 0.6) is 0 Å². The number of amides is 1. The minimum absolute atomic E-state index is 0.303. The third-order valence-corrected chi connectivity index (χ3v) is 7.58. The zero-order chi connectivity index (χ0) is 19.8. The highest BCUT2D eigenvalue weighted by molar-refractivity contribution is 5.78. The maximum absolute atomic E-state index is 12.8. The summed E-state index contributed by atoms with van der Waals surface area (Å²) in [4.78, 5) is 27.3. The van der Waals surface area contributed by atoms with Crippen LogP contribution in [0, 0.1) is 0 Å². The monoisotopic (exact) mass is 397 g/mol. The van der Waals surface area contributed by atoms with Crippen molar-refractivity contribution in [3.8, 4) is 0 Å². The van der Waals surface area contributed by atoms with Gasteiger partial charge >= 0.3 is 0 Å². The Morgan fingerprint density at radius 2 is 1.86 bits per heavy atom. The van der Waals surface area contributed by atoms with E-state index in [0.29, 0.717) is 18.5 Å². The van der Waals surface area contributed by atoms with E-state index in [0.717, 1.165) is 64.1 Å². The van der Waals surface area contributed by atoms with Crippen molar-refractivity contribution in [1.82, 2.24) is 19.7 Å². The standard InChI is InChI=1S/C23H35N5O/c1-18-4-3-10-28(18)22-8-7-19-16-25(11-9-21(19)24-22)17-23(29)27-14-12-26(13-15-27)20-5-2-6-20/h7-8,18,20H,2-6,9-17H2,1H3/t18-/m0/s1. The van der Waals surface area contributed by atoms with Gasteiger partial charge in [-0.2, -0.15) is 0 Å². The molecule has 0 aromatic carbocycles. The number of pyridine rings is 1. The van der Waals surface area contributed by atoms with E-state index in [-0.39, 0.29) is 0 Å². The van der Waals surface area contributed by atoms with Crippen LogP contribution >= 0.6 is 0 Å². The SMILES string of the molecule is C[C@H]1CCCN1c1ccc2c(n1)CCN(CC(=O)N1CCN(C3CCC3)CC1)C2. The van der Waals surface area contributed by atoms with Crippen LogP contribution in [0.15, 0.2) is 12.1 Å². The minimum atomic E-state index is 0.303. The molecule has 1 saturated carbocycles. The first-order valence-corrected chi connectivity index (χ1v) is 11.7. The lowest BCUT2D eigenvalue weighted by Gasteiger charge is -2.43. The molecule has 1 aliphatic carbocycles. The highest BCUT2D eigenvalue weighted by atomic mass is 16.2. The van der Waals surface area contributed by atoms with Crippen molar-refractivity contribution in [1.29, 1.82) is 0 Å². The number of hydrogen-bond acceptors (Lipinski definition) is 5. The lowest BCUT2D eigenvalue weighted by Crippen LogP contribution is -2.55. The van der Waals surface area contributed by atoms with Gasteiger partial charge in [0.2, 0.25) is 5.91 Å². The Morgan fingerprint density at radius 1 is 1.03 bits per heavy atom. The highest BCUT2D eigenvalue weighted by Crippen LogP contribution is 2.27. The molecule has 158 valence electrons. The van der Waals surface area contributed by atoms with Crippen molar-refractivity contribution in [2.45, 2.75) is 64.1 Å². The molecule has 6 heteroatoms. The smallest absolute Gasteiger partial charge is 0.236 e. The fraction of sp³-hybridized carbons (Fsp3) is 0.739. The van der Waals surface area contributed by atoms with Crippen LogP contribution in [-0.2, 0) is 17.8 Å². The maximum Gasteiger partial charge on any atom is 0.236 e. The molecular weight excluding hydrogens is 362 g/mol. The first kappa shape index (κ1) is 19.3. The zero-order valence-corrected chi connectivity index (χ0v) is 17.9. The summed E-state index contributed by atoms with van der Waals surface area (Å²) in [5.74, 6) is 1.44. The number of aromatic nitrogens is 1. The van der Waals surface area contributed by atoms with Crippen molar-refractivity contribution < 1.29 is 4.79 Å². The van der Waals surface area contributed by atoms with E-state index >= 15 is 0 Å². The van der Waals surface area contributed by atoms with Crippen LogP contribution in [0.4, 0.5) is 5.82 Å². The van der Waals surface area contributed by atoms with Gasteiger partial charge in [-0.05, 0) is 44.2 Å². The van der Waals surface area contributed by atoms with Crippen LogP contribution in [-0.4, -0.2) is 83.5 Å². The van der Waals surface area contributed by atoms with Gasteiger partial charge in [-0.1, -0.05) is 12.5 Å². The second-order valence-corrected chi connectivity index (χ2v) is 9.42. The number of piperazine rings is 1. The summed E-state index contributed by atoms with van der Waals surface area (Å²) < 4.78 is 0. The van der Waals surface area contributed by atoms with E-state index in [9.17, 15) is 4.79 Å². The van der Waals surface area contributed by atoms with Gasteiger partial charge in [0.15, 0.2) is 0 Å². The van der Waals surface area contributed by atoms with Crippen LogP contribution in [0.3, 0.4) is 0 Å². The zero-order valence-electron chi connectivity index (χ0n) is 17.9. The summed E-state index contributed by atoms with van der Waals surface area (Å²) in [7, 11) is 0. The van der Waals surface area contributed by atoms with E-state index in [1.165, 1.54) is 43.4 Å². The van der Waals surface area contributed by atoms with E-state index in [1.54, 1.807) is 0 Å². The average Bonchev–Trinajstić information content (AvgIpc) is 3.13. The van der Waals surface area contributed by atoms with Crippen molar-refractivity contribution in [3.05, 3.63) is 23.4 Å². The quantitative estimate of drug-likeness (QED) is 0.779. The van der Waals surface area contributed by atoms with E-state index in [4.69, 9.17) is 4.98 Å². The Hall–Kier alpha value is -1.66. The van der Waals surface area contributed by atoms with Crippen LogP contribution in [0.1, 0.15) is 50.3 Å². The molecule has 4 aliphatic rings. The van der Waals surface area contributed by atoms with E-state index in [1.807, 2.05) is 0 Å². The number of anilines is 1. The number of carbonyl (C=O) groups is 1. The molecule has 0 N–H and O–H groups in total. The van der Waals surface area contributed by atoms with Gasteiger partial charge in [0.1, 0.15) is 5.82 Å². The van der Waals surface area contributed by atoms with E-state index in [2.05, 4.69) is 38.7 Å². The summed E-state index contributed by atoms with van der Waals surface area (Å²) in [6, 6.07) is 5.83. The molecule has 0 bridgehead atoms. The Kier molecular flexibility index (Phi) is 5.48. The van der Waals surface area contributed by atoms with Crippen molar-refractivity contribution in [3.63, 3.8) is 0 Å². The molecular formula is C23H35N5O. The summed E-state index contributed by atoms with van der Waals surface area (Å²) in [6.07, 6.45) is 7.58. The number of nitrogens with zero attached hydrogens (tertiary/aromatic N) is 5. The normalized spacial score (nSPS) is 26.4. The number of carbonyl (C=O) groups excluding carboxylic acids is 1. The first-order valence-electron chi connectivity index (χ1n) is 11.7. The molecule has 4 heterocycles. The fourth-order valence-electron chi connectivity index (χ4n) is 5.41. The third kappa shape index (κ3) is 4.02. The molecule has 1 atom stereocenters. The molecule has 3 fully saturated rings. The summed E-state index contributed by atoms with van der Waals surface area (Å²) >= 11 is 0. The third-order valence-electron chi connectivity index (χ3n) is 7.58.